The first-order valence-electron chi connectivity index (χ1n) is 8.47. The molecule has 0 aliphatic carbocycles. The lowest BCUT2D eigenvalue weighted by molar-refractivity contribution is -0.135. The summed E-state index contributed by atoms with van der Waals surface area (Å²) in [4.78, 5) is 25.6. The van der Waals surface area contributed by atoms with E-state index in [0.29, 0.717) is 13.1 Å². The molecule has 1 amide bonds. The van der Waals surface area contributed by atoms with Gasteiger partial charge in [0.15, 0.2) is 0 Å². The second kappa shape index (κ2) is 7.43. The van der Waals surface area contributed by atoms with E-state index in [2.05, 4.69) is 27.0 Å². The highest BCUT2D eigenvalue weighted by atomic mass is 16.2. The summed E-state index contributed by atoms with van der Waals surface area (Å²) in [5, 5.41) is 0. The van der Waals surface area contributed by atoms with Crippen molar-refractivity contribution in [3.63, 3.8) is 0 Å². The minimum Gasteiger partial charge on any atom is -0.341 e. The van der Waals surface area contributed by atoms with Gasteiger partial charge < -0.3 is 9.80 Å². The lowest BCUT2D eigenvalue weighted by Gasteiger charge is -2.34. The van der Waals surface area contributed by atoms with Crippen molar-refractivity contribution in [1.29, 1.82) is 0 Å². The number of benzene rings is 1. The Balaban J connectivity index is 1.64. The predicted molar refractivity (Wildman–Crippen MR) is 94.6 cm³/mol. The number of piperidine rings is 1. The van der Waals surface area contributed by atoms with Crippen LogP contribution in [-0.4, -0.2) is 40.9 Å². The molecule has 0 radical (unpaired) electrons. The third-order valence-electron chi connectivity index (χ3n) is 4.47. The van der Waals surface area contributed by atoms with Crippen LogP contribution in [0, 0.1) is 12.8 Å². The van der Waals surface area contributed by atoms with Crippen molar-refractivity contribution >= 4 is 11.9 Å². The molecule has 0 spiro atoms. The fourth-order valence-corrected chi connectivity index (χ4v) is 3.20. The maximum atomic E-state index is 12.8. The molecule has 2 aromatic rings. The van der Waals surface area contributed by atoms with Crippen LogP contribution in [0.15, 0.2) is 42.6 Å². The molecular formula is C19H24N4O. The van der Waals surface area contributed by atoms with E-state index in [1.165, 1.54) is 0 Å². The maximum absolute atomic E-state index is 12.8. The first-order chi connectivity index (χ1) is 11.6. The smallest absolute Gasteiger partial charge is 0.227 e. The highest BCUT2D eigenvalue weighted by Crippen LogP contribution is 2.22. The third-order valence-corrected chi connectivity index (χ3v) is 4.47. The quantitative estimate of drug-likeness (QED) is 0.867. The van der Waals surface area contributed by atoms with Crippen LogP contribution >= 0.6 is 0 Å². The van der Waals surface area contributed by atoms with Crippen LogP contribution in [0.1, 0.15) is 24.1 Å². The van der Waals surface area contributed by atoms with Crippen LogP contribution < -0.4 is 4.90 Å². The molecule has 1 fully saturated rings. The Kier molecular flexibility index (Phi) is 5.08. The number of hydrogen-bond acceptors (Lipinski definition) is 4. The minimum absolute atomic E-state index is 0.0107. The molecule has 1 aliphatic heterocycles. The average Bonchev–Trinajstić information content (AvgIpc) is 2.62. The van der Waals surface area contributed by atoms with Crippen LogP contribution in [0.3, 0.4) is 0 Å². The lowest BCUT2D eigenvalue weighted by atomic mass is 9.96. The molecular weight excluding hydrogens is 300 g/mol. The number of nitrogens with zero attached hydrogens (tertiary/aromatic N) is 4. The van der Waals surface area contributed by atoms with E-state index in [1.54, 1.807) is 6.20 Å². The zero-order valence-corrected chi connectivity index (χ0v) is 14.4. The normalized spacial score (nSPS) is 17.6. The van der Waals surface area contributed by atoms with Gasteiger partial charge in [0, 0.05) is 38.6 Å². The van der Waals surface area contributed by atoms with E-state index in [1.807, 2.05) is 43.1 Å². The number of rotatable bonds is 4. The van der Waals surface area contributed by atoms with Gasteiger partial charge in [0.05, 0.1) is 5.92 Å². The average molecular weight is 324 g/mol. The highest BCUT2D eigenvalue weighted by Gasteiger charge is 2.29. The SMILES string of the molecule is Cc1ccnc(N2CCCC(C(=O)N(C)Cc3ccccc3)C2)n1. The molecule has 126 valence electrons. The van der Waals surface area contributed by atoms with Gasteiger partial charge in [-0.1, -0.05) is 30.3 Å². The molecule has 0 N–H and O–H groups in total. The molecule has 5 heteroatoms. The maximum Gasteiger partial charge on any atom is 0.227 e. The Bertz CT molecular complexity index is 689. The molecule has 3 rings (SSSR count). The summed E-state index contributed by atoms with van der Waals surface area (Å²) in [5.74, 6) is 0.950. The van der Waals surface area contributed by atoms with Gasteiger partial charge in [0.25, 0.3) is 0 Å². The van der Waals surface area contributed by atoms with Crippen molar-refractivity contribution < 1.29 is 4.79 Å². The second-order valence-corrected chi connectivity index (χ2v) is 6.46. The summed E-state index contributed by atoms with van der Waals surface area (Å²) in [6.45, 7) is 4.22. The fraction of sp³-hybridized carbons (Fsp3) is 0.421. The van der Waals surface area contributed by atoms with E-state index in [0.717, 1.165) is 36.6 Å². The fourth-order valence-electron chi connectivity index (χ4n) is 3.20. The molecule has 24 heavy (non-hydrogen) atoms. The van der Waals surface area contributed by atoms with Crippen molar-refractivity contribution in [2.75, 3.05) is 25.0 Å². The molecule has 1 aromatic carbocycles. The van der Waals surface area contributed by atoms with Crippen molar-refractivity contribution in [3.05, 3.63) is 53.9 Å². The van der Waals surface area contributed by atoms with Gasteiger partial charge in [-0.25, -0.2) is 9.97 Å². The van der Waals surface area contributed by atoms with Gasteiger partial charge in [0.2, 0.25) is 11.9 Å². The zero-order valence-electron chi connectivity index (χ0n) is 14.4. The Morgan fingerprint density at radius 1 is 1.29 bits per heavy atom. The molecule has 1 unspecified atom stereocenters. The summed E-state index contributed by atoms with van der Waals surface area (Å²) < 4.78 is 0. The summed E-state index contributed by atoms with van der Waals surface area (Å²) in [6, 6.07) is 12.0. The summed E-state index contributed by atoms with van der Waals surface area (Å²) in [7, 11) is 1.89. The van der Waals surface area contributed by atoms with Gasteiger partial charge in [-0.2, -0.15) is 0 Å². The number of anilines is 1. The Morgan fingerprint density at radius 3 is 2.83 bits per heavy atom. The van der Waals surface area contributed by atoms with E-state index >= 15 is 0 Å². The van der Waals surface area contributed by atoms with Crippen LogP contribution in [0.4, 0.5) is 5.95 Å². The van der Waals surface area contributed by atoms with E-state index in [4.69, 9.17) is 0 Å². The van der Waals surface area contributed by atoms with E-state index in [9.17, 15) is 4.79 Å². The Hall–Kier alpha value is -2.43. The number of aromatic nitrogens is 2. The van der Waals surface area contributed by atoms with Crippen molar-refractivity contribution in [2.24, 2.45) is 5.92 Å². The lowest BCUT2D eigenvalue weighted by Crippen LogP contribution is -2.44. The number of carbonyl (C=O) groups excluding carboxylic acids is 1. The van der Waals surface area contributed by atoms with Crippen molar-refractivity contribution in [3.8, 4) is 0 Å². The van der Waals surface area contributed by atoms with Crippen molar-refractivity contribution in [1.82, 2.24) is 14.9 Å². The first-order valence-corrected chi connectivity index (χ1v) is 8.47. The number of aryl methyl sites for hydroxylation is 1. The van der Waals surface area contributed by atoms with Gasteiger partial charge >= 0.3 is 0 Å². The number of hydrogen-bond donors (Lipinski definition) is 0. The third kappa shape index (κ3) is 3.91. The van der Waals surface area contributed by atoms with Crippen LogP contribution in [0.5, 0.6) is 0 Å². The van der Waals surface area contributed by atoms with Crippen LogP contribution in [0.2, 0.25) is 0 Å². The predicted octanol–water partition coefficient (Wildman–Crippen LogP) is 2.66. The van der Waals surface area contributed by atoms with E-state index in [-0.39, 0.29) is 11.8 Å². The monoisotopic (exact) mass is 324 g/mol. The Labute approximate surface area is 143 Å². The number of amides is 1. The molecule has 2 heterocycles. The first kappa shape index (κ1) is 16.4. The minimum atomic E-state index is 0.0107. The molecule has 5 nitrogen and oxygen atoms in total. The molecule has 1 saturated heterocycles. The molecule has 0 bridgehead atoms. The second-order valence-electron chi connectivity index (χ2n) is 6.46. The Morgan fingerprint density at radius 2 is 2.08 bits per heavy atom. The van der Waals surface area contributed by atoms with Gasteiger partial charge in [0.1, 0.15) is 0 Å². The van der Waals surface area contributed by atoms with E-state index < -0.39 is 0 Å². The molecule has 1 aromatic heterocycles. The summed E-state index contributed by atoms with van der Waals surface area (Å²) in [5.41, 5.74) is 2.11. The zero-order chi connectivity index (χ0) is 16.9. The largest absolute Gasteiger partial charge is 0.341 e. The summed E-state index contributed by atoms with van der Waals surface area (Å²) in [6.07, 6.45) is 3.71. The molecule has 1 aliphatic rings. The van der Waals surface area contributed by atoms with Gasteiger partial charge in [-0.3, -0.25) is 4.79 Å². The van der Waals surface area contributed by atoms with Gasteiger partial charge in [-0.15, -0.1) is 0 Å². The van der Waals surface area contributed by atoms with Gasteiger partial charge in [-0.05, 0) is 31.4 Å². The topological polar surface area (TPSA) is 49.3 Å². The molecule has 0 saturated carbocycles. The van der Waals surface area contributed by atoms with Crippen molar-refractivity contribution in [2.45, 2.75) is 26.3 Å². The van der Waals surface area contributed by atoms with Crippen LogP contribution in [-0.2, 0) is 11.3 Å². The highest BCUT2D eigenvalue weighted by molar-refractivity contribution is 5.79. The standard InChI is InChI=1S/C19H24N4O/c1-15-10-11-20-19(21-15)23-12-6-9-17(14-23)18(24)22(2)13-16-7-4-3-5-8-16/h3-5,7-8,10-11,17H,6,9,12-14H2,1-2H3. The number of carbonyl (C=O) groups is 1. The van der Waals surface area contributed by atoms with Crippen LogP contribution in [0.25, 0.3) is 0 Å². The summed E-state index contributed by atoms with van der Waals surface area (Å²) >= 11 is 0. The molecule has 1 atom stereocenters.